The van der Waals surface area contributed by atoms with Gasteiger partial charge in [-0.1, -0.05) is 13.8 Å². The van der Waals surface area contributed by atoms with Gasteiger partial charge in [0, 0.05) is 7.11 Å². The smallest absolute Gasteiger partial charge is 0.365 e. The number of methoxy groups -OCH3 is 1. The summed E-state index contributed by atoms with van der Waals surface area (Å²) in [6, 6.07) is 0. The van der Waals surface area contributed by atoms with E-state index in [0.717, 1.165) is 7.11 Å². The lowest BCUT2D eigenvalue weighted by Crippen LogP contribution is -2.36. The zero-order chi connectivity index (χ0) is 13.0. The largest absolute Gasteiger partial charge is 0.457 e. The first-order valence-corrected chi connectivity index (χ1v) is 6.69. The Morgan fingerprint density at radius 3 is 2.06 bits per heavy atom. The van der Waals surface area contributed by atoms with E-state index in [1.165, 1.54) is 0 Å². The molecule has 2 N–H and O–H groups in total. The number of hydrogen-bond donors (Lipinski definition) is 2. The molecule has 0 radical (unpaired) electrons. The monoisotopic (exact) mass is 254 g/mol. The molecule has 0 saturated heterocycles. The predicted molar refractivity (Wildman–Crippen MR) is 57.9 cm³/mol. The van der Waals surface area contributed by atoms with E-state index in [2.05, 4.69) is 4.74 Å². The summed E-state index contributed by atoms with van der Waals surface area (Å²) in [5.41, 5.74) is -0.719. The second kappa shape index (κ2) is 5.77. The van der Waals surface area contributed by atoms with Crippen molar-refractivity contribution in [3.05, 3.63) is 0 Å². The van der Waals surface area contributed by atoms with Gasteiger partial charge in [-0.3, -0.25) is 4.57 Å². The molecule has 0 amide bonds. The van der Waals surface area contributed by atoms with Gasteiger partial charge in [0.1, 0.15) is 5.60 Å². The van der Waals surface area contributed by atoms with Crippen molar-refractivity contribution in [1.29, 1.82) is 0 Å². The van der Waals surface area contributed by atoms with Crippen LogP contribution in [0.4, 0.5) is 0 Å². The molecule has 0 aromatic rings. The van der Waals surface area contributed by atoms with Crippen LogP contribution in [-0.4, -0.2) is 34.3 Å². The van der Waals surface area contributed by atoms with Crippen LogP contribution in [0.3, 0.4) is 0 Å². The van der Waals surface area contributed by atoms with Crippen LogP contribution < -0.4 is 0 Å². The van der Waals surface area contributed by atoms with Crippen molar-refractivity contribution in [2.75, 3.05) is 7.11 Å². The van der Waals surface area contributed by atoms with E-state index in [1.807, 2.05) is 13.8 Å². The number of rotatable bonds is 6. The highest BCUT2D eigenvalue weighted by Crippen LogP contribution is 2.42. The van der Waals surface area contributed by atoms with Crippen LogP contribution in [0, 0.1) is 0 Å². The second-order valence-electron chi connectivity index (χ2n) is 3.76. The zero-order valence-corrected chi connectivity index (χ0v) is 10.9. The minimum atomic E-state index is -4.64. The molecule has 0 aliphatic heterocycles. The maximum absolute atomic E-state index is 11.5. The van der Waals surface area contributed by atoms with Gasteiger partial charge in [-0.15, -0.1) is 0 Å². The normalized spacial score (nSPS) is 14.6. The molecule has 6 nitrogen and oxygen atoms in total. The van der Waals surface area contributed by atoms with Crippen molar-refractivity contribution >= 4 is 13.6 Å². The summed E-state index contributed by atoms with van der Waals surface area (Å²) in [6.07, 6.45) is 1.12. The van der Waals surface area contributed by atoms with E-state index >= 15 is 0 Å². The Balaban J connectivity index is 4.74. The molecule has 1 atom stereocenters. The molecule has 1 unspecified atom stereocenters. The summed E-state index contributed by atoms with van der Waals surface area (Å²) >= 11 is 0. The Kier molecular flexibility index (Phi) is 5.62. The lowest BCUT2D eigenvalue weighted by Gasteiger charge is -2.28. The van der Waals surface area contributed by atoms with E-state index in [-0.39, 0.29) is 0 Å². The van der Waals surface area contributed by atoms with E-state index in [1.54, 1.807) is 6.92 Å². The summed E-state index contributed by atoms with van der Waals surface area (Å²) in [7, 11) is -3.58. The molecule has 0 rings (SSSR count). The van der Waals surface area contributed by atoms with E-state index < -0.39 is 25.0 Å². The molecular formula is C9H19O6P. The van der Waals surface area contributed by atoms with Crippen molar-refractivity contribution < 1.29 is 28.6 Å². The maximum atomic E-state index is 11.5. The van der Waals surface area contributed by atoms with Crippen molar-refractivity contribution in [1.82, 2.24) is 0 Å². The molecule has 0 bridgehead atoms. The van der Waals surface area contributed by atoms with Crippen LogP contribution in [0.2, 0.25) is 0 Å². The Morgan fingerprint density at radius 2 is 1.81 bits per heavy atom. The molecule has 16 heavy (non-hydrogen) atoms. The fourth-order valence-corrected chi connectivity index (χ4v) is 1.66. The first-order valence-electron chi connectivity index (χ1n) is 5.01. The van der Waals surface area contributed by atoms with Crippen molar-refractivity contribution in [2.45, 2.75) is 45.1 Å². The third-order valence-electron chi connectivity index (χ3n) is 2.57. The summed E-state index contributed by atoms with van der Waals surface area (Å²) in [5, 5.41) is 0. The van der Waals surface area contributed by atoms with Gasteiger partial charge in [0.25, 0.3) is 5.85 Å². The minimum Gasteiger partial charge on any atom is -0.457 e. The first-order chi connectivity index (χ1) is 7.20. The Labute approximate surface area is 95.1 Å². The average molecular weight is 254 g/mol. The minimum absolute atomic E-state index is 0.562. The lowest BCUT2D eigenvalue weighted by atomic mass is 10.0. The van der Waals surface area contributed by atoms with Crippen molar-refractivity contribution in [2.24, 2.45) is 0 Å². The molecule has 0 heterocycles. The van der Waals surface area contributed by atoms with E-state index in [9.17, 15) is 9.36 Å². The number of esters is 1. The predicted octanol–water partition coefficient (Wildman–Crippen LogP) is 1.26. The number of ether oxygens (including phenoxy) is 2. The summed E-state index contributed by atoms with van der Waals surface area (Å²) in [5.74, 6) is -2.87. The molecule has 0 aromatic heterocycles. The summed E-state index contributed by atoms with van der Waals surface area (Å²) in [4.78, 5) is 29.3. The van der Waals surface area contributed by atoms with Gasteiger partial charge in [-0.25, -0.2) is 4.79 Å². The standard InChI is InChI=1S/C9H19O6P/c1-5-9(3,6-2)15-7(10)8(14-4)16(11,12)13/h8H,5-6H2,1-4H3,(H2,11,12,13). The molecular weight excluding hydrogens is 235 g/mol. The molecule has 0 fully saturated rings. The van der Waals surface area contributed by atoms with Gasteiger partial charge in [-0.05, 0) is 19.8 Å². The first kappa shape index (κ1) is 15.6. The van der Waals surface area contributed by atoms with Crippen LogP contribution >= 0.6 is 7.60 Å². The highest BCUT2D eigenvalue weighted by Gasteiger charge is 2.40. The van der Waals surface area contributed by atoms with Gasteiger partial charge < -0.3 is 19.3 Å². The van der Waals surface area contributed by atoms with Crippen molar-refractivity contribution in [3.8, 4) is 0 Å². The summed E-state index contributed by atoms with van der Waals surface area (Å²) in [6.45, 7) is 5.36. The Morgan fingerprint density at radius 1 is 1.38 bits per heavy atom. The summed E-state index contributed by atoms with van der Waals surface area (Å²) < 4.78 is 20.5. The van der Waals surface area contributed by atoms with Gasteiger partial charge in [0.2, 0.25) is 0 Å². The molecule has 0 aromatic carbocycles. The SMILES string of the molecule is CCC(C)(CC)OC(=O)C(OC)P(=O)(O)O. The molecule has 7 heteroatoms. The number of hydrogen-bond acceptors (Lipinski definition) is 4. The molecule has 96 valence electrons. The molecule has 0 aliphatic carbocycles. The van der Waals surface area contributed by atoms with Gasteiger partial charge in [0.05, 0.1) is 0 Å². The number of carbonyl (C=O) groups is 1. The third-order valence-corrected chi connectivity index (χ3v) is 3.61. The molecule has 0 saturated carbocycles. The lowest BCUT2D eigenvalue weighted by molar-refractivity contribution is -0.166. The Bertz CT molecular complexity index is 280. The number of carbonyl (C=O) groups excluding carboxylic acids is 1. The maximum Gasteiger partial charge on any atom is 0.365 e. The fraction of sp³-hybridized carbons (Fsp3) is 0.889. The highest BCUT2D eigenvalue weighted by atomic mass is 31.2. The van der Waals surface area contributed by atoms with Crippen LogP contribution in [0.25, 0.3) is 0 Å². The van der Waals surface area contributed by atoms with Crippen LogP contribution in [0.5, 0.6) is 0 Å². The zero-order valence-electron chi connectivity index (χ0n) is 9.97. The van der Waals surface area contributed by atoms with E-state index in [0.29, 0.717) is 12.8 Å². The van der Waals surface area contributed by atoms with Crippen molar-refractivity contribution in [3.63, 3.8) is 0 Å². The van der Waals surface area contributed by atoms with Crippen LogP contribution in [-0.2, 0) is 18.8 Å². The third kappa shape index (κ3) is 4.22. The van der Waals surface area contributed by atoms with Gasteiger partial charge in [-0.2, -0.15) is 0 Å². The van der Waals surface area contributed by atoms with Gasteiger partial charge in [0.15, 0.2) is 0 Å². The fourth-order valence-electron chi connectivity index (χ4n) is 1.06. The second-order valence-corrected chi connectivity index (χ2v) is 5.40. The molecule has 0 aliphatic rings. The Hall–Kier alpha value is -0.420. The quantitative estimate of drug-likeness (QED) is 0.547. The van der Waals surface area contributed by atoms with Crippen LogP contribution in [0.1, 0.15) is 33.6 Å². The topological polar surface area (TPSA) is 93.1 Å². The average Bonchev–Trinajstić information content (AvgIpc) is 2.16. The van der Waals surface area contributed by atoms with Gasteiger partial charge >= 0.3 is 13.6 Å². The van der Waals surface area contributed by atoms with E-state index in [4.69, 9.17) is 14.5 Å². The highest BCUT2D eigenvalue weighted by molar-refractivity contribution is 7.53. The van der Waals surface area contributed by atoms with Crippen LogP contribution in [0.15, 0.2) is 0 Å². The molecule has 0 spiro atoms.